The average Bonchev–Trinajstić information content (AvgIpc) is 2.64. The Balaban J connectivity index is 2.33. The van der Waals surface area contributed by atoms with Crippen LogP contribution in [0.15, 0.2) is 23.2 Å². The number of phenolic OH excluding ortho intramolecular Hbond substituents is 1. The molecule has 1 aliphatic heterocycles. The van der Waals surface area contributed by atoms with E-state index in [4.69, 9.17) is 5.11 Å². The van der Waals surface area contributed by atoms with Gasteiger partial charge in [0, 0.05) is 11.3 Å². The van der Waals surface area contributed by atoms with E-state index in [0.717, 1.165) is 16.4 Å². The maximum atomic E-state index is 9.76. The third-order valence-electron chi connectivity index (χ3n) is 2.27. The van der Waals surface area contributed by atoms with E-state index in [9.17, 15) is 5.11 Å². The number of aliphatic imine (C=N–C) groups is 1. The Morgan fingerprint density at radius 3 is 2.87 bits per heavy atom. The van der Waals surface area contributed by atoms with E-state index in [2.05, 4.69) is 11.9 Å². The Bertz CT molecular complexity index is 404. The number of thioether (sulfide) groups is 1. The highest BCUT2D eigenvalue weighted by atomic mass is 32.2. The van der Waals surface area contributed by atoms with Crippen LogP contribution in [0.3, 0.4) is 0 Å². The second-order valence-corrected chi connectivity index (χ2v) is 4.61. The molecular formula is C11H13NO2S. The number of phenols is 1. The number of hydrogen-bond acceptors (Lipinski definition) is 4. The van der Waals surface area contributed by atoms with Crippen molar-refractivity contribution in [2.24, 2.45) is 4.99 Å². The van der Waals surface area contributed by atoms with Crippen molar-refractivity contribution in [2.45, 2.75) is 19.6 Å². The van der Waals surface area contributed by atoms with E-state index in [1.54, 1.807) is 23.9 Å². The Morgan fingerprint density at radius 2 is 2.33 bits per heavy atom. The van der Waals surface area contributed by atoms with Gasteiger partial charge in [-0.05, 0) is 24.6 Å². The molecule has 0 bridgehead atoms. The van der Waals surface area contributed by atoms with Crippen LogP contribution in [0.2, 0.25) is 0 Å². The van der Waals surface area contributed by atoms with Crippen molar-refractivity contribution in [3.63, 3.8) is 0 Å². The first-order chi connectivity index (χ1) is 7.20. The number of aliphatic hydroxyl groups excluding tert-OH is 1. The minimum Gasteiger partial charge on any atom is -0.507 e. The Labute approximate surface area is 92.9 Å². The van der Waals surface area contributed by atoms with Gasteiger partial charge >= 0.3 is 0 Å². The highest BCUT2D eigenvalue weighted by Gasteiger charge is 2.18. The highest BCUT2D eigenvalue weighted by molar-refractivity contribution is 8.14. The summed E-state index contributed by atoms with van der Waals surface area (Å²) in [5, 5.41) is 19.6. The van der Waals surface area contributed by atoms with Crippen molar-refractivity contribution in [2.75, 3.05) is 5.75 Å². The monoisotopic (exact) mass is 223 g/mol. The summed E-state index contributed by atoms with van der Waals surface area (Å²) in [6.07, 6.45) is 0. The van der Waals surface area contributed by atoms with Gasteiger partial charge in [0.15, 0.2) is 0 Å². The zero-order valence-corrected chi connectivity index (χ0v) is 9.29. The molecule has 0 unspecified atom stereocenters. The molecule has 15 heavy (non-hydrogen) atoms. The van der Waals surface area contributed by atoms with Crippen LogP contribution in [0.4, 0.5) is 0 Å². The SMILES string of the molecule is C[C@H]1CSC(c2ccc(CO)cc2O)=N1. The molecular weight excluding hydrogens is 210 g/mol. The van der Waals surface area contributed by atoms with Gasteiger partial charge in [-0.15, -0.1) is 11.8 Å². The van der Waals surface area contributed by atoms with Crippen molar-refractivity contribution >= 4 is 16.8 Å². The number of aliphatic hydroxyl groups is 1. The lowest BCUT2D eigenvalue weighted by atomic mass is 10.1. The Morgan fingerprint density at radius 1 is 1.53 bits per heavy atom. The Hall–Kier alpha value is -1.00. The van der Waals surface area contributed by atoms with Crippen molar-refractivity contribution < 1.29 is 10.2 Å². The molecule has 0 spiro atoms. The quantitative estimate of drug-likeness (QED) is 0.803. The van der Waals surface area contributed by atoms with E-state index in [-0.39, 0.29) is 12.4 Å². The second kappa shape index (κ2) is 4.24. The van der Waals surface area contributed by atoms with Gasteiger partial charge in [-0.3, -0.25) is 4.99 Å². The van der Waals surface area contributed by atoms with Crippen LogP contribution < -0.4 is 0 Å². The van der Waals surface area contributed by atoms with Crippen LogP contribution in [-0.4, -0.2) is 27.1 Å². The maximum absolute atomic E-state index is 9.76. The predicted molar refractivity (Wildman–Crippen MR) is 62.5 cm³/mol. The molecule has 2 N–H and O–H groups in total. The molecule has 1 atom stereocenters. The van der Waals surface area contributed by atoms with Crippen molar-refractivity contribution in [3.8, 4) is 5.75 Å². The van der Waals surface area contributed by atoms with E-state index < -0.39 is 0 Å². The maximum Gasteiger partial charge on any atom is 0.125 e. The van der Waals surface area contributed by atoms with Crippen LogP contribution in [0.25, 0.3) is 0 Å². The minimum atomic E-state index is -0.0517. The van der Waals surface area contributed by atoms with Crippen LogP contribution in [0.5, 0.6) is 5.75 Å². The van der Waals surface area contributed by atoms with Crippen LogP contribution in [-0.2, 0) is 6.61 Å². The summed E-state index contributed by atoms with van der Waals surface area (Å²) >= 11 is 1.66. The van der Waals surface area contributed by atoms with E-state index in [0.29, 0.717) is 11.6 Å². The molecule has 1 heterocycles. The largest absolute Gasteiger partial charge is 0.507 e. The molecule has 4 heteroatoms. The molecule has 0 saturated carbocycles. The van der Waals surface area contributed by atoms with E-state index >= 15 is 0 Å². The van der Waals surface area contributed by atoms with E-state index in [1.165, 1.54) is 0 Å². The smallest absolute Gasteiger partial charge is 0.125 e. The summed E-state index contributed by atoms with van der Waals surface area (Å²) in [6, 6.07) is 5.52. The molecule has 3 nitrogen and oxygen atoms in total. The standard InChI is InChI=1S/C11H13NO2S/c1-7-6-15-11(12-7)9-3-2-8(5-13)4-10(9)14/h2-4,7,13-14H,5-6H2,1H3/t7-/m0/s1. The first kappa shape index (κ1) is 10.5. The van der Waals surface area contributed by atoms with Crippen molar-refractivity contribution in [3.05, 3.63) is 29.3 Å². The number of hydrogen-bond donors (Lipinski definition) is 2. The zero-order chi connectivity index (χ0) is 10.8. The molecule has 1 aromatic rings. The number of aromatic hydroxyl groups is 1. The molecule has 0 aromatic heterocycles. The van der Waals surface area contributed by atoms with E-state index in [1.807, 2.05) is 6.07 Å². The molecule has 2 rings (SSSR count). The van der Waals surface area contributed by atoms with Gasteiger partial charge in [-0.25, -0.2) is 0 Å². The van der Waals surface area contributed by atoms with Crippen molar-refractivity contribution in [1.82, 2.24) is 0 Å². The third-order valence-corrected chi connectivity index (χ3v) is 3.52. The summed E-state index contributed by atoms with van der Waals surface area (Å²) in [5.74, 6) is 1.16. The molecule has 80 valence electrons. The Kier molecular flexibility index (Phi) is 2.98. The average molecular weight is 223 g/mol. The number of rotatable bonds is 2. The van der Waals surface area contributed by atoms with Crippen LogP contribution >= 0.6 is 11.8 Å². The molecule has 1 aromatic carbocycles. The summed E-state index contributed by atoms with van der Waals surface area (Å²) in [7, 11) is 0. The predicted octanol–water partition coefficient (Wildman–Crippen LogP) is 1.77. The molecule has 0 aliphatic carbocycles. The fraction of sp³-hybridized carbons (Fsp3) is 0.364. The third kappa shape index (κ3) is 2.16. The lowest BCUT2D eigenvalue weighted by Crippen LogP contribution is -1.95. The fourth-order valence-electron chi connectivity index (χ4n) is 1.48. The second-order valence-electron chi connectivity index (χ2n) is 3.60. The lowest BCUT2D eigenvalue weighted by Gasteiger charge is -2.04. The topological polar surface area (TPSA) is 52.8 Å². The van der Waals surface area contributed by atoms with Gasteiger partial charge < -0.3 is 10.2 Å². The summed E-state index contributed by atoms with van der Waals surface area (Å²) in [6.45, 7) is 2.00. The van der Waals surface area contributed by atoms with Gasteiger partial charge in [0.05, 0.1) is 12.6 Å². The zero-order valence-electron chi connectivity index (χ0n) is 8.47. The van der Waals surface area contributed by atoms with Crippen molar-refractivity contribution in [1.29, 1.82) is 0 Å². The van der Waals surface area contributed by atoms with Gasteiger partial charge in [0.25, 0.3) is 0 Å². The first-order valence-electron chi connectivity index (χ1n) is 4.84. The highest BCUT2D eigenvalue weighted by Crippen LogP contribution is 2.29. The molecule has 0 amide bonds. The van der Waals surface area contributed by atoms with Gasteiger partial charge in [0.2, 0.25) is 0 Å². The first-order valence-corrected chi connectivity index (χ1v) is 5.83. The van der Waals surface area contributed by atoms with Crippen LogP contribution in [0.1, 0.15) is 18.1 Å². The van der Waals surface area contributed by atoms with Gasteiger partial charge in [-0.1, -0.05) is 6.07 Å². The molecule has 0 saturated heterocycles. The van der Waals surface area contributed by atoms with Gasteiger partial charge in [0.1, 0.15) is 10.8 Å². The number of nitrogens with zero attached hydrogens (tertiary/aromatic N) is 1. The summed E-state index contributed by atoms with van der Waals surface area (Å²) in [4.78, 5) is 4.43. The van der Waals surface area contributed by atoms with Gasteiger partial charge in [-0.2, -0.15) is 0 Å². The lowest BCUT2D eigenvalue weighted by molar-refractivity contribution is 0.281. The minimum absolute atomic E-state index is 0.0517. The molecule has 1 aliphatic rings. The summed E-state index contributed by atoms with van der Waals surface area (Å²) in [5.41, 5.74) is 1.48. The summed E-state index contributed by atoms with van der Waals surface area (Å²) < 4.78 is 0. The van der Waals surface area contributed by atoms with Crippen LogP contribution in [0, 0.1) is 0 Å². The normalized spacial score (nSPS) is 20.4. The molecule has 0 fully saturated rings. The fourth-order valence-corrected chi connectivity index (χ4v) is 2.53. The molecule has 0 radical (unpaired) electrons. The number of benzene rings is 1.